The van der Waals surface area contributed by atoms with Gasteiger partial charge in [-0.3, -0.25) is 0 Å². The highest BCUT2D eigenvalue weighted by Crippen LogP contribution is 2.38. The van der Waals surface area contributed by atoms with Crippen molar-refractivity contribution in [1.29, 1.82) is 0 Å². The SMILES string of the molecule is C=C(C(=O)OC)c1ccc(N2CCCCC2)c(Cl)c1Cl. The third kappa shape index (κ3) is 2.94. The number of rotatable bonds is 3. The van der Waals surface area contributed by atoms with E-state index in [1.165, 1.54) is 13.5 Å². The number of ether oxygens (including phenoxy) is 1. The highest BCUT2D eigenvalue weighted by atomic mass is 35.5. The Balaban J connectivity index is 2.33. The van der Waals surface area contributed by atoms with Crippen molar-refractivity contribution in [3.63, 3.8) is 0 Å². The fraction of sp³-hybridized carbons (Fsp3) is 0.400. The molecule has 0 aliphatic carbocycles. The molecule has 108 valence electrons. The van der Waals surface area contributed by atoms with Crippen LogP contribution < -0.4 is 4.90 Å². The molecule has 20 heavy (non-hydrogen) atoms. The molecule has 1 aliphatic heterocycles. The normalized spacial score (nSPS) is 15.1. The first kappa shape index (κ1) is 15.2. The molecule has 1 heterocycles. The van der Waals surface area contributed by atoms with Crippen LogP contribution in [-0.2, 0) is 9.53 Å². The summed E-state index contributed by atoms with van der Waals surface area (Å²) in [5.41, 5.74) is 1.65. The van der Waals surface area contributed by atoms with E-state index in [0.717, 1.165) is 31.6 Å². The molecule has 0 saturated carbocycles. The van der Waals surface area contributed by atoms with Gasteiger partial charge in [0.15, 0.2) is 0 Å². The van der Waals surface area contributed by atoms with Gasteiger partial charge in [-0.25, -0.2) is 4.79 Å². The minimum absolute atomic E-state index is 0.213. The van der Waals surface area contributed by atoms with Crippen LogP contribution >= 0.6 is 23.2 Å². The first-order valence-electron chi connectivity index (χ1n) is 6.56. The zero-order chi connectivity index (χ0) is 14.7. The number of methoxy groups -OCH3 is 1. The predicted molar refractivity (Wildman–Crippen MR) is 83.6 cm³/mol. The van der Waals surface area contributed by atoms with E-state index in [1.54, 1.807) is 6.07 Å². The van der Waals surface area contributed by atoms with E-state index in [0.29, 0.717) is 15.6 Å². The maximum atomic E-state index is 11.5. The molecule has 1 aromatic rings. The fourth-order valence-electron chi connectivity index (χ4n) is 2.38. The van der Waals surface area contributed by atoms with Gasteiger partial charge >= 0.3 is 5.97 Å². The van der Waals surface area contributed by atoms with Crippen LogP contribution in [0.2, 0.25) is 10.0 Å². The molecular weight excluding hydrogens is 297 g/mol. The highest BCUT2D eigenvalue weighted by molar-refractivity contribution is 6.45. The molecule has 0 amide bonds. The third-order valence-corrected chi connectivity index (χ3v) is 4.39. The number of esters is 1. The van der Waals surface area contributed by atoms with Crippen LogP contribution in [0.15, 0.2) is 18.7 Å². The molecule has 1 aromatic carbocycles. The second-order valence-corrected chi connectivity index (χ2v) is 5.53. The Hall–Kier alpha value is -1.19. The van der Waals surface area contributed by atoms with Crippen molar-refractivity contribution in [1.82, 2.24) is 0 Å². The van der Waals surface area contributed by atoms with E-state index < -0.39 is 5.97 Å². The summed E-state index contributed by atoms with van der Waals surface area (Å²) in [4.78, 5) is 13.8. The molecule has 1 aliphatic rings. The van der Waals surface area contributed by atoms with Gasteiger partial charge in [0.25, 0.3) is 0 Å². The van der Waals surface area contributed by atoms with E-state index >= 15 is 0 Å². The molecule has 5 heteroatoms. The Morgan fingerprint density at radius 2 is 1.85 bits per heavy atom. The molecule has 2 rings (SSSR count). The summed E-state index contributed by atoms with van der Waals surface area (Å²) in [6.07, 6.45) is 3.56. The van der Waals surface area contributed by atoms with Gasteiger partial charge in [-0.1, -0.05) is 35.8 Å². The predicted octanol–water partition coefficient (Wildman–Crippen LogP) is 4.17. The summed E-state index contributed by atoms with van der Waals surface area (Å²) in [6, 6.07) is 3.67. The lowest BCUT2D eigenvalue weighted by atomic mass is 10.1. The molecule has 0 unspecified atom stereocenters. The van der Waals surface area contributed by atoms with Gasteiger partial charge in [-0.2, -0.15) is 0 Å². The zero-order valence-electron chi connectivity index (χ0n) is 11.4. The van der Waals surface area contributed by atoms with E-state index in [-0.39, 0.29) is 5.57 Å². The summed E-state index contributed by atoms with van der Waals surface area (Å²) in [5.74, 6) is -0.506. The van der Waals surface area contributed by atoms with Crippen LogP contribution in [0.25, 0.3) is 5.57 Å². The van der Waals surface area contributed by atoms with Crippen LogP contribution in [0, 0.1) is 0 Å². The van der Waals surface area contributed by atoms with Crippen molar-refractivity contribution in [3.8, 4) is 0 Å². The van der Waals surface area contributed by atoms with Gasteiger partial charge in [0.1, 0.15) is 0 Å². The number of halogens is 2. The lowest BCUT2D eigenvalue weighted by Crippen LogP contribution is -2.29. The second kappa shape index (κ2) is 6.51. The summed E-state index contributed by atoms with van der Waals surface area (Å²) >= 11 is 12.6. The number of hydrogen-bond donors (Lipinski definition) is 0. The molecule has 0 aromatic heterocycles. The van der Waals surface area contributed by atoms with Crippen LogP contribution in [0.3, 0.4) is 0 Å². The van der Waals surface area contributed by atoms with Crippen LogP contribution in [0.4, 0.5) is 5.69 Å². The first-order chi connectivity index (χ1) is 9.56. The summed E-state index contributed by atoms with van der Waals surface area (Å²) < 4.78 is 4.66. The maximum Gasteiger partial charge on any atom is 0.337 e. The Kier molecular flexibility index (Phi) is 4.95. The number of carbonyl (C=O) groups excluding carboxylic acids is 1. The topological polar surface area (TPSA) is 29.5 Å². The molecule has 1 fully saturated rings. The molecule has 0 atom stereocenters. The van der Waals surface area contributed by atoms with Crippen LogP contribution in [0.5, 0.6) is 0 Å². The van der Waals surface area contributed by atoms with Gasteiger partial charge in [-0.15, -0.1) is 0 Å². The molecule has 0 spiro atoms. The number of nitrogens with zero attached hydrogens (tertiary/aromatic N) is 1. The van der Waals surface area contributed by atoms with E-state index in [4.69, 9.17) is 23.2 Å². The molecule has 0 N–H and O–H groups in total. The molecule has 3 nitrogen and oxygen atoms in total. The van der Waals surface area contributed by atoms with E-state index in [9.17, 15) is 4.79 Å². The Bertz CT molecular complexity index is 537. The molecular formula is C15H17Cl2NO2. The van der Waals surface area contributed by atoms with E-state index in [1.807, 2.05) is 6.07 Å². The Labute approximate surface area is 129 Å². The summed E-state index contributed by atoms with van der Waals surface area (Å²) in [6.45, 7) is 5.67. The van der Waals surface area contributed by atoms with Gasteiger partial charge in [0, 0.05) is 18.7 Å². The quantitative estimate of drug-likeness (QED) is 0.619. The van der Waals surface area contributed by atoms with Gasteiger partial charge in [-0.05, 0) is 25.3 Å². The van der Waals surface area contributed by atoms with Crippen LogP contribution in [0.1, 0.15) is 24.8 Å². The van der Waals surface area contributed by atoms with Gasteiger partial charge in [0.2, 0.25) is 0 Å². The van der Waals surface area contributed by atoms with Gasteiger partial charge < -0.3 is 9.64 Å². The largest absolute Gasteiger partial charge is 0.465 e. The minimum Gasteiger partial charge on any atom is -0.465 e. The lowest BCUT2D eigenvalue weighted by molar-refractivity contribution is -0.133. The smallest absolute Gasteiger partial charge is 0.337 e. The Morgan fingerprint density at radius 3 is 2.45 bits per heavy atom. The van der Waals surface area contributed by atoms with Crippen molar-refractivity contribution in [3.05, 3.63) is 34.3 Å². The summed E-state index contributed by atoms with van der Waals surface area (Å²) in [5, 5.41) is 0.821. The maximum absolute atomic E-state index is 11.5. The average Bonchev–Trinajstić information content (AvgIpc) is 2.49. The zero-order valence-corrected chi connectivity index (χ0v) is 12.9. The first-order valence-corrected chi connectivity index (χ1v) is 7.32. The van der Waals surface area contributed by atoms with Gasteiger partial charge in [0.05, 0.1) is 28.4 Å². The Morgan fingerprint density at radius 1 is 1.20 bits per heavy atom. The molecule has 1 saturated heterocycles. The average molecular weight is 314 g/mol. The van der Waals surface area contributed by atoms with Crippen molar-refractivity contribution in [2.75, 3.05) is 25.1 Å². The second-order valence-electron chi connectivity index (χ2n) is 4.78. The highest BCUT2D eigenvalue weighted by Gasteiger charge is 2.20. The van der Waals surface area contributed by atoms with Crippen LogP contribution in [-0.4, -0.2) is 26.2 Å². The summed E-state index contributed by atoms with van der Waals surface area (Å²) in [7, 11) is 1.31. The minimum atomic E-state index is -0.506. The number of carbonyl (C=O) groups is 1. The third-order valence-electron chi connectivity index (χ3n) is 3.52. The van der Waals surface area contributed by atoms with Crippen molar-refractivity contribution in [2.24, 2.45) is 0 Å². The monoisotopic (exact) mass is 313 g/mol. The number of hydrogen-bond acceptors (Lipinski definition) is 3. The number of benzene rings is 1. The van der Waals surface area contributed by atoms with E-state index in [2.05, 4.69) is 16.2 Å². The standard InChI is InChI=1S/C15H17Cl2NO2/c1-10(15(19)20-2)11-6-7-12(14(17)13(11)16)18-8-4-3-5-9-18/h6-7H,1,3-5,8-9H2,2H3. The van der Waals surface area contributed by atoms with Crippen molar-refractivity contribution >= 4 is 40.4 Å². The number of piperidine rings is 1. The lowest BCUT2D eigenvalue weighted by Gasteiger charge is -2.30. The molecule has 0 radical (unpaired) electrons. The van der Waals surface area contributed by atoms with Crippen molar-refractivity contribution in [2.45, 2.75) is 19.3 Å². The van der Waals surface area contributed by atoms with Crippen molar-refractivity contribution < 1.29 is 9.53 Å². The fourth-order valence-corrected chi connectivity index (χ4v) is 2.94. The molecule has 0 bridgehead atoms. The number of anilines is 1.